The fourth-order valence-corrected chi connectivity index (χ4v) is 2.11. The van der Waals surface area contributed by atoms with Crippen molar-refractivity contribution in [2.45, 2.75) is 19.3 Å². The van der Waals surface area contributed by atoms with E-state index < -0.39 is 0 Å². The van der Waals surface area contributed by atoms with E-state index >= 15 is 0 Å². The van der Waals surface area contributed by atoms with E-state index in [9.17, 15) is 4.79 Å². The molecule has 3 heteroatoms. The van der Waals surface area contributed by atoms with Gasteiger partial charge in [-0.1, -0.05) is 19.1 Å². The topological polar surface area (TPSA) is 30.2 Å². The Kier molecular flexibility index (Phi) is 2.91. The third-order valence-electron chi connectivity index (χ3n) is 2.56. The van der Waals surface area contributed by atoms with E-state index in [1.165, 1.54) is 0 Å². The standard InChI is InChI=1S/C12H11BrO2/c1-8(5-6-14)9-3-2-4-10-11(13)7-15-12(9)10/h2-4,6-8H,5H2,1H3. The van der Waals surface area contributed by atoms with Crippen LogP contribution in [-0.2, 0) is 4.79 Å². The number of hydrogen-bond donors (Lipinski definition) is 0. The summed E-state index contributed by atoms with van der Waals surface area (Å²) in [6, 6.07) is 5.99. The number of aldehydes is 1. The summed E-state index contributed by atoms with van der Waals surface area (Å²) in [5.41, 5.74) is 1.96. The number of rotatable bonds is 3. The minimum absolute atomic E-state index is 0.198. The van der Waals surface area contributed by atoms with Crippen LogP contribution in [0.1, 0.15) is 24.8 Å². The molecule has 0 amide bonds. The van der Waals surface area contributed by atoms with Crippen molar-refractivity contribution in [2.24, 2.45) is 0 Å². The molecule has 0 N–H and O–H groups in total. The largest absolute Gasteiger partial charge is 0.463 e. The molecule has 78 valence electrons. The van der Waals surface area contributed by atoms with Crippen molar-refractivity contribution in [2.75, 3.05) is 0 Å². The molecule has 0 saturated carbocycles. The molecule has 2 aromatic rings. The first-order valence-corrected chi connectivity index (χ1v) is 5.62. The van der Waals surface area contributed by atoms with Crippen LogP contribution in [-0.4, -0.2) is 6.29 Å². The zero-order valence-corrected chi connectivity index (χ0v) is 9.95. The Balaban J connectivity index is 2.55. The van der Waals surface area contributed by atoms with Gasteiger partial charge in [-0.2, -0.15) is 0 Å². The molecule has 1 aromatic carbocycles. The fraction of sp³-hybridized carbons (Fsp3) is 0.250. The van der Waals surface area contributed by atoms with Gasteiger partial charge in [-0.25, -0.2) is 0 Å². The van der Waals surface area contributed by atoms with Gasteiger partial charge in [0.25, 0.3) is 0 Å². The second kappa shape index (κ2) is 4.19. The van der Waals surface area contributed by atoms with Gasteiger partial charge in [0.05, 0.1) is 4.47 Å². The molecule has 0 saturated heterocycles. The lowest BCUT2D eigenvalue weighted by molar-refractivity contribution is -0.108. The summed E-state index contributed by atoms with van der Waals surface area (Å²) in [4.78, 5) is 10.5. The minimum atomic E-state index is 0.198. The molecule has 1 unspecified atom stereocenters. The average Bonchev–Trinajstić information content (AvgIpc) is 2.61. The number of carbonyl (C=O) groups is 1. The van der Waals surface area contributed by atoms with Crippen molar-refractivity contribution < 1.29 is 9.21 Å². The molecular formula is C12H11BrO2. The maximum atomic E-state index is 10.5. The van der Waals surface area contributed by atoms with Crippen LogP contribution in [0.5, 0.6) is 0 Å². The van der Waals surface area contributed by atoms with E-state index in [1.807, 2.05) is 25.1 Å². The highest BCUT2D eigenvalue weighted by Gasteiger charge is 2.12. The molecule has 0 spiro atoms. The Hall–Kier alpha value is -1.09. The summed E-state index contributed by atoms with van der Waals surface area (Å²) in [5.74, 6) is 0.198. The van der Waals surface area contributed by atoms with E-state index in [2.05, 4.69) is 15.9 Å². The number of hydrogen-bond acceptors (Lipinski definition) is 2. The van der Waals surface area contributed by atoms with Gasteiger partial charge < -0.3 is 9.21 Å². The van der Waals surface area contributed by atoms with Gasteiger partial charge in [-0.05, 0) is 33.5 Å². The van der Waals surface area contributed by atoms with Crippen LogP contribution < -0.4 is 0 Å². The molecule has 0 aliphatic carbocycles. The lowest BCUT2D eigenvalue weighted by atomic mass is 9.97. The smallest absolute Gasteiger partial charge is 0.138 e. The molecule has 1 heterocycles. The maximum Gasteiger partial charge on any atom is 0.138 e. The summed E-state index contributed by atoms with van der Waals surface area (Å²) in [6.07, 6.45) is 3.15. The van der Waals surface area contributed by atoms with Gasteiger partial charge in [0.15, 0.2) is 0 Å². The van der Waals surface area contributed by atoms with Gasteiger partial charge in [0.2, 0.25) is 0 Å². The second-order valence-corrected chi connectivity index (χ2v) is 4.47. The number of fused-ring (bicyclic) bond motifs is 1. The fourth-order valence-electron chi connectivity index (χ4n) is 1.71. The van der Waals surface area contributed by atoms with Crippen LogP contribution in [0.15, 0.2) is 33.4 Å². The lowest BCUT2D eigenvalue weighted by Gasteiger charge is -2.08. The van der Waals surface area contributed by atoms with Crippen molar-refractivity contribution >= 4 is 33.2 Å². The summed E-state index contributed by atoms with van der Waals surface area (Å²) >= 11 is 3.43. The highest BCUT2D eigenvalue weighted by atomic mass is 79.9. The van der Waals surface area contributed by atoms with Crippen LogP contribution in [0.3, 0.4) is 0 Å². The van der Waals surface area contributed by atoms with E-state index in [0.717, 1.165) is 27.3 Å². The number of carbonyl (C=O) groups excluding carboxylic acids is 1. The predicted octanol–water partition coefficient (Wildman–Crippen LogP) is 3.89. The molecule has 0 aliphatic rings. The maximum absolute atomic E-state index is 10.5. The lowest BCUT2D eigenvalue weighted by Crippen LogP contribution is -1.94. The molecule has 2 rings (SSSR count). The molecule has 15 heavy (non-hydrogen) atoms. The van der Waals surface area contributed by atoms with E-state index in [-0.39, 0.29) is 5.92 Å². The third kappa shape index (κ3) is 1.84. The summed E-state index contributed by atoms with van der Waals surface area (Å²) in [7, 11) is 0. The van der Waals surface area contributed by atoms with Crippen molar-refractivity contribution in [1.82, 2.24) is 0 Å². The van der Waals surface area contributed by atoms with Crippen LogP contribution in [0, 0.1) is 0 Å². The summed E-state index contributed by atoms with van der Waals surface area (Å²) in [5, 5.41) is 1.06. The number of furan rings is 1. The first kappa shape index (κ1) is 10.4. The molecule has 0 aliphatic heterocycles. The predicted molar refractivity (Wildman–Crippen MR) is 63.0 cm³/mol. The summed E-state index contributed by atoms with van der Waals surface area (Å²) < 4.78 is 6.44. The third-order valence-corrected chi connectivity index (χ3v) is 3.18. The van der Waals surface area contributed by atoms with Gasteiger partial charge in [0, 0.05) is 11.8 Å². The Bertz CT molecular complexity index is 487. The molecule has 0 radical (unpaired) electrons. The van der Waals surface area contributed by atoms with Crippen molar-refractivity contribution in [3.05, 3.63) is 34.5 Å². The Morgan fingerprint density at radius 1 is 1.53 bits per heavy atom. The SMILES string of the molecule is CC(CC=O)c1cccc2c(Br)coc12. The zero-order valence-electron chi connectivity index (χ0n) is 8.37. The normalized spacial score (nSPS) is 12.9. The van der Waals surface area contributed by atoms with E-state index in [0.29, 0.717) is 6.42 Å². The quantitative estimate of drug-likeness (QED) is 0.790. The highest BCUT2D eigenvalue weighted by molar-refractivity contribution is 9.10. The second-order valence-electron chi connectivity index (χ2n) is 3.61. The first-order chi connectivity index (χ1) is 7.24. The van der Waals surface area contributed by atoms with Gasteiger partial charge in [0.1, 0.15) is 18.1 Å². The Morgan fingerprint density at radius 2 is 2.33 bits per heavy atom. The highest BCUT2D eigenvalue weighted by Crippen LogP contribution is 2.32. The first-order valence-electron chi connectivity index (χ1n) is 4.83. The van der Waals surface area contributed by atoms with Gasteiger partial charge in [-0.3, -0.25) is 0 Å². The zero-order chi connectivity index (χ0) is 10.8. The van der Waals surface area contributed by atoms with E-state index in [1.54, 1.807) is 6.26 Å². The molecule has 0 bridgehead atoms. The Morgan fingerprint density at radius 3 is 3.07 bits per heavy atom. The average molecular weight is 267 g/mol. The van der Waals surface area contributed by atoms with Crippen molar-refractivity contribution in [3.63, 3.8) is 0 Å². The number of benzene rings is 1. The van der Waals surface area contributed by atoms with E-state index in [4.69, 9.17) is 4.42 Å². The monoisotopic (exact) mass is 266 g/mol. The molecule has 1 atom stereocenters. The van der Waals surface area contributed by atoms with Crippen LogP contribution in [0.2, 0.25) is 0 Å². The minimum Gasteiger partial charge on any atom is -0.463 e. The summed E-state index contributed by atoms with van der Waals surface area (Å²) in [6.45, 7) is 2.03. The van der Waals surface area contributed by atoms with Gasteiger partial charge >= 0.3 is 0 Å². The molecule has 2 nitrogen and oxygen atoms in total. The Labute approximate surface area is 96.4 Å². The van der Waals surface area contributed by atoms with Crippen LogP contribution >= 0.6 is 15.9 Å². The molecule has 0 fully saturated rings. The molecule has 1 aromatic heterocycles. The van der Waals surface area contributed by atoms with Crippen molar-refractivity contribution in [3.8, 4) is 0 Å². The number of halogens is 1. The molecular weight excluding hydrogens is 256 g/mol. The number of para-hydroxylation sites is 1. The van der Waals surface area contributed by atoms with Gasteiger partial charge in [-0.15, -0.1) is 0 Å². The van der Waals surface area contributed by atoms with Crippen LogP contribution in [0.25, 0.3) is 11.0 Å². The van der Waals surface area contributed by atoms with Crippen LogP contribution in [0.4, 0.5) is 0 Å². The van der Waals surface area contributed by atoms with Crippen molar-refractivity contribution in [1.29, 1.82) is 0 Å².